The number of carbonyl (C=O) groups is 2. The van der Waals surface area contributed by atoms with Crippen molar-refractivity contribution in [1.82, 2.24) is 0 Å². The SMILES string of the molecule is COC(=O)c1cc(NC(=O)c2ccc(OC)c([N+](=O)[O-])c2)ccc1N1CCOCC1. The molecule has 0 unspecified atom stereocenters. The highest BCUT2D eigenvalue weighted by molar-refractivity contribution is 6.06. The van der Waals surface area contributed by atoms with Crippen LogP contribution in [-0.2, 0) is 9.47 Å². The van der Waals surface area contributed by atoms with Crippen LogP contribution in [0, 0.1) is 10.1 Å². The van der Waals surface area contributed by atoms with Crippen molar-refractivity contribution in [2.24, 2.45) is 0 Å². The van der Waals surface area contributed by atoms with E-state index in [1.165, 1.54) is 32.4 Å². The standard InChI is InChI=1S/C20H21N3O7/c1-28-18-6-3-13(11-17(18)23(26)27)19(24)21-14-4-5-16(15(12-14)20(25)29-2)22-7-9-30-10-8-22/h3-6,11-12H,7-10H2,1-2H3,(H,21,24). The zero-order valence-electron chi connectivity index (χ0n) is 16.5. The van der Waals surface area contributed by atoms with Gasteiger partial charge in [0.25, 0.3) is 5.91 Å². The molecule has 0 atom stereocenters. The number of nitrogens with one attached hydrogen (secondary N) is 1. The summed E-state index contributed by atoms with van der Waals surface area (Å²) in [7, 11) is 2.60. The zero-order valence-corrected chi connectivity index (χ0v) is 16.5. The van der Waals surface area contributed by atoms with E-state index in [0.29, 0.717) is 43.2 Å². The Morgan fingerprint density at radius 2 is 1.87 bits per heavy atom. The lowest BCUT2D eigenvalue weighted by Gasteiger charge is -2.30. The Kier molecular flexibility index (Phi) is 6.48. The summed E-state index contributed by atoms with van der Waals surface area (Å²) >= 11 is 0. The minimum Gasteiger partial charge on any atom is -0.490 e. The molecule has 1 amide bonds. The molecule has 1 fully saturated rings. The number of nitrogens with zero attached hydrogens (tertiary/aromatic N) is 2. The van der Waals surface area contributed by atoms with E-state index in [0.717, 1.165) is 6.07 Å². The summed E-state index contributed by atoms with van der Waals surface area (Å²) in [4.78, 5) is 37.5. The molecule has 10 nitrogen and oxygen atoms in total. The Morgan fingerprint density at radius 3 is 2.50 bits per heavy atom. The highest BCUT2D eigenvalue weighted by atomic mass is 16.6. The third-order valence-corrected chi connectivity index (χ3v) is 4.65. The Labute approximate surface area is 172 Å². The van der Waals surface area contributed by atoms with Crippen molar-refractivity contribution >= 4 is 28.9 Å². The molecule has 1 N–H and O–H groups in total. The molecule has 0 aromatic heterocycles. The molecule has 1 heterocycles. The topological polar surface area (TPSA) is 120 Å². The first-order chi connectivity index (χ1) is 14.4. The van der Waals surface area contributed by atoms with Gasteiger partial charge in [-0.3, -0.25) is 14.9 Å². The molecule has 0 aliphatic carbocycles. The minimum atomic E-state index is -0.623. The van der Waals surface area contributed by atoms with Crippen LogP contribution in [-0.4, -0.2) is 57.3 Å². The van der Waals surface area contributed by atoms with Crippen molar-refractivity contribution in [3.63, 3.8) is 0 Å². The maximum absolute atomic E-state index is 12.6. The van der Waals surface area contributed by atoms with Gasteiger partial charge in [0, 0.05) is 30.4 Å². The molecule has 1 aliphatic rings. The summed E-state index contributed by atoms with van der Waals surface area (Å²) in [5, 5.41) is 13.8. The van der Waals surface area contributed by atoms with E-state index in [2.05, 4.69) is 5.32 Å². The number of nitro groups is 1. The Hall–Kier alpha value is -3.66. The second-order valence-electron chi connectivity index (χ2n) is 6.42. The number of carbonyl (C=O) groups excluding carboxylic acids is 2. The highest BCUT2D eigenvalue weighted by Crippen LogP contribution is 2.29. The van der Waals surface area contributed by atoms with Crippen LogP contribution in [0.2, 0.25) is 0 Å². The van der Waals surface area contributed by atoms with Crippen molar-refractivity contribution < 1.29 is 28.7 Å². The highest BCUT2D eigenvalue weighted by Gasteiger charge is 2.22. The molecule has 0 saturated carbocycles. The lowest BCUT2D eigenvalue weighted by molar-refractivity contribution is -0.385. The number of ether oxygens (including phenoxy) is 3. The molecule has 10 heteroatoms. The number of methoxy groups -OCH3 is 2. The summed E-state index contributed by atoms with van der Waals surface area (Å²) in [6, 6.07) is 8.82. The van der Waals surface area contributed by atoms with Gasteiger partial charge in [0.1, 0.15) is 0 Å². The number of rotatable bonds is 6. The van der Waals surface area contributed by atoms with E-state index in [4.69, 9.17) is 14.2 Å². The van der Waals surface area contributed by atoms with Gasteiger partial charge in [0.05, 0.1) is 43.6 Å². The van der Waals surface area contributed by atoms with Gasteiger partial charge in [0.2, 0.25) is 0 Å². The molecule has 1 saturated heterocycles. The molecular weight excluding hydrogens is 394 g/mol. The maximum Gasteiger partial charge on any atom is 0.340 e. The monoisotopic (exact) mass is 415 g/mol. The maximum atomic E-state index is 12.6. The lowest BCUT2D eigenvalue weighted by atomic mass is 10.1. The van der Waals surface area contributed by atoms with Gasteiger partial charge in [-0.1, -0.05) is 0 Å². The number of hydrogen-bond acceptors (Lipinski definition) is 8. The molecule has 2 aromatic carbocycles. The predicted molar refractivity (Wildman–Crippen MR) is 108 cm³/mol. The molecule has 0 radical (unpaired) electrons. The summed E-state index contributed by atoms with van der Waals surface area (Å²) in [6.45, 7) is 2.36. The van der Waals surface area contributed by atoms with Crippen molar-refractivity contribution in [2.45, 2.75) is 0 Å². The zero-order chi connectivity index (χ0) is 21.7. The predicted octanol–water partition coefficient (Wildman–Crippen LogP) is 2.48. The Bertz CT molecular complexity index is 971. The van der Waals surface area contributed by atoms with Crippen LogP contribution in [0.1, 0.15) is 20.7 Å². The van der Waals surface area contributed by atoms with Crippen molar-refractivity contribution in [3.8, 4) is 5.75 Å². The normalized spacial score (nSPS) is 13.5. The first kappa shape index (κ1) is 21.1. The molecule has 158 valence electrons. The number of amides is 1. The third kappa shape index (κ3) is 4.49. The fraction of sp³-hybridized carbons (Fsp3) is 0.300. The smallest absolute Gasteiger partial charge is 0.340 e. The first-order valence-corrected chi connectivity index (χ1v) is 9.13. The van der Waals surface area contributed by atoms with Crippen LogP contribution < -0.4 is 15.0 Å². The largest absolute Gasteiger partial charge is 0.490 e. The second-order valence-corrected chi connectivity index (χ2v) is 6.42. The van der Waals surface area contributed by atoms with E-state index >= 15 is 0 Å². The van der Waals surface area contributed by atoms with Crippen molar-refractivity contribution in [3.05, 3.63) is 57.6 Å². The number of esters is 1. The minimum absolute atomic E-state index is 0.0550. The molecular formula is C20H21N3O7. The number of anilines is 2. The van der Waals surface area contributed by atoms with E-state index in [1.54, 1.807) is 12.1 Å². The fourth-order valence-corrected chi connectivity index (χ4v) is 3.14. The summed E-state index contributed by atoms with van der Waals surface area (Å²) in [5.74, 6) is -1.04. The van der Waals surface area contributed by atoms with Gasteiger partial charge in [0.15, 0.2) is 5.75 Å². The molecule has 0 bridgehead atoms. The summed E-state index contributed by atoms with van der Waals surface area (Å²) < 4.78 is 15.2. The number of hydrogen-bond donors (Lipinski definition) is 1. The van der Waals surface area contributed by atoms with Crippen LogP contribution in [0.25, 0.3) is 0 Å². The van der Waals surface area contributed by atoms with E-state index in [1.807, 2.05) is 4.90 Å². The molecule has 3 rings (SSSR count). The summed E-state index contributed by atoms with van der Waals surface area (Å²) in [5.41, 5.74) is 1.11. The number of benzene rings is 2. The van der Waals surface area contributed by atoms with E-state index < -0.39 is 16.8 Å². The van der Waals surface area contributed by atoms with Crippen molar-refractivity contribution in [2.75, 3.05) is 50.7 Å². The lowest BCUT2D eigenvalue weighted by Crippen LogP contribution is -2.37. The van der Waals surface area contributed by atoms with Gasteiger partial charge in [-0.2, -0.15) is 0 Å². The second kappa shape index (κ2) is 9.23. The molecule has 2 aromatic rings. The molecule has 0 spiro atoms. The van der Waals surface area contributed by atoms with Crippen LogP contribution in [0.5, 0.6) is 5.75 Å². The Balaban J connectivity index is 1.87. The van der Waals surface area contributed by atoms with E-state index in [-0.39, 0.29) is 17.0 Å². The molecule has 1 aliphatic heterocycles. The first-order valence-electron chi connectivity index (χ1n) is 9.13. The number of morpholine rings is 1. The van der Waals surface area contributed by atoms with Gasteiger partial charge >= 0.3 is 11.7 Å². The van der Waals surface area contributed by atoms with Crippen LogP contribution in [0.3, 0.4) is 0 Å². The van der Waals surface area contributed by atoms with Crippen molar-refractivity contribution in [1.29, 1.82) is 0 Å². The van der Waals surface area contributed by atoms with E-state index in [9.17, 15) is 19.7 Å². The number of nitro benzene ring substituents is 1. The summed E-state index contributed by atoms with van der Waals surface area (Å²) in [6.07, 6.45) is 0. The average Bonchev–Trinajstić information content (AvgIpc) is 2.78. The van der Waals surface area contributed by atoms with Crippen LogP contribution >= 0.6 is 0 Å². The van der Waals surface area contributed by atoms with Gasteiger partial charge in [-0.15, -0.1) is 0 Å². The van der Waals surface area contributed by atoms with Crippen LogP contribution in [0.15, 0.2) is 36.4 Å². The van der Waals surface area contributed by atoms with Gasteiger partial charge < -0.3 is 24.4 Å². The Morgan fingerprint density at radius 1 is 1.13 bits per heavy atom. The van der Waals surface area contributed by atoms with Gasteiger partial charge in [-0.25, -0.2) is 4.79 Å². The quantitative estimate of drug-likeness (QED) is 0.434. The van der Waals surface area contributed by atoms with Crippen LogP contribution in [0.4, 0.5) is 17.1 Å². The molecule has 30 heavy (non-hydrogen) atoms. The van der Waals surface area contributed by atoms with Gasteiger partial charge in [-0.05, 0) is 30.3 Å². The fourth-order valence-electron chi connectivity index (χ4n) is 3.14. The third-order valence-electron chi connectivity index (χ3n) is 4.65. The average molecular weight is 415 g/mol.